The number of fused-ring (bicyclic) bond motifs is 1. The molecule has 27 heavy (non-hydrogen) atoms. The largest absolute Gasteiger partial charge is 0.494 e. The predicted molar refractivity (Wildman–Crippen MR) is 99.1 cm³/mol. The van der Waals surface area contributed by atoms with Crippen molar-refractivity contribution in [2.24, 2.45) is 5.92 Å². The Morgan fingerprint density at radius 2 is 2.07 bits per heavy atom. The number of carbonyl (C=O) groups is 2. The first kappa shape index (κ1) is 19.2. The lowest BCUT2D eigenvalue weighted by molar-refractivity contribution is -0.122. The van der Waals surface area contributed by atoms with Crippen LogP contribution in [0.5, 0.6) is 5.75 Å². The Morgan fingerprint density at radius 3 is 2.74 bits per heavy atom. The van der Waals surface area contributed by atoms with Crippen molar-refractivity contribution in [3.63, 3.8) is 0 Å². The second kappa shape index (κ2) is 7.59. The molecular formula is C18H22N2O6S. The van der Waals surface area contributed by atoms with E-state index in [1.165, 1.54) is 0 Å². The number of amides is 2. The maximum absolute atomic E-state index is 12.3. The normalized spacial score (nSPS) is 18.4. The van der Waals surface area contributed by atoms with Gasteiger partial charge in [0, 0.05) is 17.4 Å². The lowest BCUT2D eigenvalue weighted by Gasteiger charge is -2.09. The first-order chi connectivity index (χ1) is 12.8. The van der Waals surface area contributed by atoms with Crippen LogP contribution in [0.3, 0.4) is 0 Å². The summed E-state index contributed by atoms with van der Waals surface area (Å²) in [4.78, 5) is 24.3. The first-order valence-corrected chi connectivity index (χ1v) is 10.6. The van der Waals surface area contributed by atoms with Crippen LogP contribution in [-0.4, -0.2) is 38.3 Å². The van der Waals surface area contributed by atoms with Crippen LogP contribution in [0, 0.1) is 12.8 Å². The van der Waals surface area contributed by atoms with Crippen LogP contribution in [0.15, 0.2) is 22.6 Å². The van der Waals surface area contributed by atoms with Gasteiger partial charge < -0.3 is 9.15 Å². The highest BCUT2D eigenvalue weighted by molar-refractivity contribution is 7.91. The summed E-state index contributed by atoms with van der Waals surface area (Å²) in [6.45, 7) is 4.17. The Bertz CT molecular complexity index is 979. The SMILES string of the molecule is CCOc1ccc2oc(C(=O)NNC(=O)C[C@@H]3CCS(=O)(=O)C3)c(C)c2c1. The van der Waals surface area contributed by atoms with Gasteiger partial charge in [0.05, 0.1) is 18.1 Å². The van der Waals surface area contributed by atoms with Crippen LogP contribution in [-0.2, 0) is 14.6 Å². The van der Waals surface area contributed by atoms with Crippen molar-refractivity contribution in [2.75, 3.05) is 18.1 Å². The minimum Gasteiger partial charge on any atom is -0.494 e. The van der Waals surface area contributed by atoms with Crippen LogP contribution in [0.25, 0.3) is 11.0 Å². The predicted octanol–water partition coefficient (Wildman–Crippen LogP) is 1.73. The molecule has 0 unspecified atom stereocenters. The van der Waals surface area contributed by atoms with E-state index in [-0.39, 0.29) is 29.6 Å². The monoisotopic (exact) mass is 394 g/mol. The topological polar surface area (TPSA) is 115 Å². The summed E-state index contributed by atoms with van der Waals surface area (Å²) in [6, 6.07) is 5.28. The third-order valence-corrected chi connectivity index (χ3v) is 6.38. The molecule has 146 valence electrons. The molecule has 2 N–H and O–H groups in total. The Morgan fingerprint density at radius 1 is 1.30 bits per heavy atom. The molecule has 1 fully saturated rings. The second-order valence-corrected chi connectivity index (χ2v) is 8.85. The van der Waals surface area contributed by atoms with Crippen LogP contribution in [0.2, 0.25) is 0 Å². The summed E-state index contributed by atoms with van der Waals surface area (Å²) >= 11 is 0. The molecule has 1 aliphatic heterocycles. The van der Waals surface area contributed by atoms with E-state index in [4.69, 9.17) is 9.15 Å². The van der Waals surface area contributed by atoms with Crippen molar-refractivity contribution in [2.45, 2.75) is 26.7 Å². The fraction of sp³-hybridized carbons (Fsp3) is 0.444. The molecule has 2 amide bonds. The second-order valence-electron chi connectivity index (χ2n) is 6.62. The summed E-state index contributed by atoms with van der Waals surface area (Å²) in [5.74, 6) is -0.315. The van der Waals surface area contributed by atoms with Gasteiger partial charge in [-0.1, -0.05) is 0 Å². The minimum absolute atomic E-state index is 0.0131. The van der Waals surface area contributed by atoms with E-state index in [0.29, 0.717) is 29.9 Å². The van der Waals surface area contributed by atoms with Crippen molar-refractivity contribution in [3.05, 3.63) is 29.5 Å². The number of furan rings is 1. The number of aryl methyl sites for hydroxylation is 1. The molecule has 0 bridgehead atoms. The lowest BCUT2D eigenvalue weighted by atomic mass is 10.1. The molecule has 9 heteroatoms. The average Bonchev–Trinajstić information content (AvgIpc) is 3.12. The standard InChI is InChI=1S/C18H22N2O6S/c1-3-25-13-4-5-15-14(9-13)11(2)17(26-15)18(22)20-19-16(21)8-12-6-7-27(23,24)10-12/h4-5,9,12H,3,6-8,10H2,1-2H3,(H,19,21)(H,20,22)/t12-/m0/s1. The van der Waals surface area contributed by atoms with Gasteiger partial charge in [0.1, 0.15) is 11.3 Å². The zero-order valence-electron chi connectivity index (χ0n) is 15.2. The minimum atomic E-state index is -3.04. The summed E-state index contributed by atoms with van der Waals surface area (Å²) in [5.41, 5.74) is 5.83. The molecule has 1 aromatic carbocycles. The lowest BCUT2D eigenvalue weighted by Crippen LogP contribution is -2.42. The summed E-state index contributed by atoms with van der Waals surface area (Å²) in [5, 5.41) is 0.758. The Labute approximate surface area is 157 Å². The van der Waals surface area contributed by atoms with Gasteiger partial charge in [0.2, 0.25) is 5.91 Å². The number of benzene rings is 1. The zero-order chi connectivity index (χ0) is 19.6. The quantitative estimate of drug-likeness (QED) is 0.747. The van der Waals surface area contributed by atoms with Gasteiger partial charge in [-0.25, -0.2) is 8.42 Å². The van der Waals surface area contributed by atoms with Crippen molar-refractivity contribution in [3.8, 4) is 5.75 Å². The van der Waals surface area contributed by atoms with E-state index in [0.717, 1.165) is 5.39 Å². The molecule has 1 saturated heterocycles. The van der Waals surface area contributed by atoms with Crippen LogP contribution < -0.4 is 15.6 Å². The zero-order valence-corrected chi connectivity index (χ0v) is 16.0. The molecule has 3 rings (SSSR count). The number of hydrazine groups is 1. The van der Waals surface area contributed by atoms with Crippen molar-refractivity contribution in [1.82, 2.24) is 10.9 Å². The van der Waals surface area contributed by atoms with Gasteiger partial charge in [-0.2, -0.15) is 0 Å². The van der Waals surface area contributed by atoms with Gasteiger partial charge in [0.15, 0.2) is 15.6 Å². The summed E-state index contributed by atoms with van der Waals surface area (Å²) < 4.78 is 33.9. The highest BCUT2D eigenvalue weighted by Gasteiger charge is 2.29. The highest BCUT2D eigenvalue weighted by Crippen LogP contribution is 2.28. The Hall–Kier alpha value is -2.55. The van der Waals surface area contributed by atoms with Gasteiger partial charge in [0.25, 0.3) is 0 Å². The third-order valence-electron chi connectivity index (χ3n) is 4.54. The molecule has 0 spiro atoms. The number of carbonyl (C=O) groups excluding carboxylic acids is 2. The maximum Gasteiger partial charge on any atom is 0.305 e. The van der Waals surface area contributed by atoms with E-state index in [1.807, 2.05) is 6.92 Å². The fourth-order valence-corrected chi connectivity index (χ4v) is 5.06. The summed E-state index contributed by atoms with van der Waals surface area (Å²) in [6.07, 6.45) is 0.519. The van der Waals surface area contributed by atoms with Crippen molar-refractivity contribution < 1.29 is 27.2 Å². The molecule has 0 aliphatic carbocycles. The molecule has 8 nitrogen and oxygen atoms in total. The van der Waals surface area contributed by atoms with Crippen LogP contribution in [0.1, 0.15) is 35.9 Å². The molecule has 0 saturated carbocycles. The number of rotatable bonds is 5. The molecular weight excluding hydrogens is 372 g/mol. The molecule has 2 heterocycles. The first-order valence-electron chi connectivity index (χ1n) is 8.74. The van der Waals surface area contributed by atoms with Crippen LogP contribution >= 0.6 is 0 Å². The number of hydrogen-bond acceptors (Lipinski definition) is 6. The molecule has 2 aromatic rings. The number of hydrogen-bond donors (Lipinski definition) is 2. The maximum atomic E-state index is 12.3. The van der Waals surface area contributed by atoms with Gasteiger partial charge in [-0.15, -0.1) is 0 Å². The van der Waals surface area contributed by atoms with E-state index in [2.05, 4.69) is 10.9 Å². The third kappa shape index (κ3) is 4.41. The molecule has 1 aliphatic rings. The van der Waals surface area contributed by atoms with Crippen LogP contribution in [0.4, 0.5) is 0 Å². The highest BCUT2D eigenvalue weighted by atomic mass is 32.2. The summed E-state index contributed by atoms with van der Waals surface area (Å²) in [7, 11) is -3.04. The molecule has 1 atom stereocenters. The molecule has 1 aromatic heterocycles. The van der Waals surface area contributed by atoms with E-state index in [9.17, 15) is 18.0 Å². The molecule has 0 radical (unpaired) electrons. The van der Waals surface area contributed by atoms with Crippen molar-refractivity contribution >= 4 is 32.6 Å². The van der Waals surface area contributed by atoms with Gasteiger partial charge >= 0.3 is 5.91 Å². The smallest absolute Gasteiger partial charge is 0.305 e. The van der Waals surface area contributed by atoms with Gasteiger partial charge in [-0.3, -0.25) is 20.4 Å². The number of ether oxygens (including phenoxy) is 1. The van der Waals surface area contributed by atoms with Gasteiger partial charge in [-0.05, 0) is 44.4 Å². The van der Waals surface area contributed by atoms with E-state index >= 15 is 0 Å². The average molecular weight is 394 g/mol. The van der Waals surface area contributed by atoms with E-state index in [1.54, 1.807) is 25.1 Å². The van der Waals surface area contributed by atoms with E-state index < -0.39 is 21.7 Å². The Balaban J connectivity index is 1.62. The number of nitrogens with one attached hydrogen (secondary N) is 2. The fourth-order valence-electron chi connectivity index (χ4n) is 3.20. The number of sulfone groups is 1. The van der Waals surface area contributed by atoms with Crippen molar-refractivity contribution in [1.29, 1.82) is 0 Å². The Kier molecular flexibility index (Phi) is 5.41.